The van der Waals surface area contributed by atoms with Gasteiger partial charge in [-0.05, 0) is 17.7 Å². The maximum atomic E-state index is 13.4. The van der Waals surface area contributed by atoms with Crippen molar-refractivity contribution in [1.29, 1.82) is 0 Å². The lowest BCUT2D eigenvalue weighted by Crippen LogP contribution is -2.34. The fourth-order valence-corrected chi connectivity index (χ4v) is 3.45. The second kappa shape index (κ2) is 9.26. The van der Waals surface area contributed by atoms with Crippen molar-refractivity contribution in [3.8, 4) is 0 Å². The lowest BCUT2D eigenvalue weighted by molar-refractivity contribution is -0.484. The number of nitrogens with zero attached hydrogens (tertiary/aromatic N) is 1. The molecule has 0 aliphatic carbocycles. The second-order valence-corrected chi connectivity index (χ2v) is 7.05. The molecule has 0 aliphatic heterocycles. The summed E-state index contributed by atoms with van der Waals surface area (Å²) < 4.78 is 0. The van der Waals surface area contributed by atoms with Crippen LogP contribution in [0, 0.1) is 16.0 Å². The molecule has 0 spiro atoms. The third-order valence-electron chi connectivity index (χ3n) is 4.73. The normalized spacial score (nSPS) is 11.8. The summed E-state index contributed by atoms with van der Waals surface area (Å²) in [7, 11) is 0. The van der Waals surface area contributed by atoms with Gasteiger partial charge < -0.3 is 0 Å². The van der Waals surface area contributed by atoms with E-state index >= 15 is 0 Å². The summed E-state index contributed by atoms with van der Waals surface area (Å²) in [6.07, 6.45) is 0. The molecule has 0 N–H and O–H groups in total. The van der Waals surface area contributed by atoms with E-state index in [0.29, 0.717) is 21.7 Å². The van der Waals surface area contributed by atoms with Gasteiger partial charge in [-0.2, -0.15) is 0 Å². The molecule has 6 heteroatoms. The minimum Gasteiger partial charge on any atom is -0.293 e. The van der Waals surface area contributed by atoms with Gasteiger partial charge in [0.2, 0.25) is 6.54 Å². The van der Waals surface area contributed by atoms with Crippen LogP contribution in [0.5, 0.6) is 0 Å². The first kappa shape index (κ1) is 20.4. The van der Waals surface area contributed by atoms with Gasteiger partial charge in [0.15, 0.2) is 11.6 Å². The van der Waals surface area contributed by atoms with E-state index in [-0.39, 0.29) is 0 Å². The molecular weight excluding hydrogens is 390 g/mol. The monoisotopic (exact) mass is 407 g/mol. The molecule has 0 heterocycles. The molecule has 0 saturated carbocycles. The molecule has 0 saturated heterocycles. The third-order valence-corrected chi connectivity index (χ3v) is 4.98. The van der Waals surface area contributed by atoms with Crippen molar-refractivity contribution in [2.45, 2.75) is 5.92 Å². The SMILES string of the molecule is O=C(c1ccccc1)C(C(=O)c1ccccc1)[C@H](C[N+](=O)[O-])c1ccc(Cl)cc1. The average molecular weight is 408 g/mol. The third kappa shape index (κ3) is 4.95. The number of carbonyl (C=O) groups excluding carboxylic acids is 2. The molecule has 3 aromatic carbocycles. The van der Waals surface area contributed by atoms with E-state index in [1.807, 2.05) is 0 Å². The molecule has 146 valence electrons. The highest BCUT2D eigenvalue weighted by molar-refractivity contribution is 6.30. The molecule has 29 heavy (non-hydrogen) atoms. The smallest absolute Gasteiger partial charge is 0.211 e. The van der Waals surface area contributed by atoms with Crippen molar-refractivity contribution in [1.82, 2.24) is 0 Å². The Kier molecular flexibility index (Phi) is 6.52. The van der Waals surface area contributed by atoms with E-state index < -0.39 is 34.9 Å². The summed E-state index contributed by atoms with van der Waals surface area (Å²) in [5.74, 6) is -3.04. The van der Waals surface area contributed by atoms with Crippen molar-refractivity contribution in [3.63, 3.8) is 0 Å². The van der Waals surface area contributed by atoms with Crippen LogP contribution in [0.2, 0.25) is 5.02 Å². The number of Topliss-reactive ketones (excluding diaryl/α,β-unsaturated/α-hetero) is 2. The van der Waals surface area contributed by atoms with Gasteiger partial charge in [-0.3, -0.25) is 19.7 Å². The molecule has 0 fully saturated rings. The lowest BCUT2D eigenvalue weighted by Gasteiger charge is -2.23. The van der Waals surface area contributed by atoms with E-state index in [9.17, 15) is 19.7 Å². The van der Waals surface area contributed by atoms with Crippen LogP contribution in [0.3, 0.4) is 0 Å². The Morgan fingerprint density at radius 2 is 1.24 bits per heavy atom. The molecule has 0 unspecified atom stereocenters. The largest absolute Gasteiger partial charge is 0.293 e. The Bertz CT molecular complexity index is 953. The standard InChI is InChI=1S/C23H18ClNO4/c24-19-13-11-16(12-14-19)20(15-25(28)29)21(22(26)17-7-3-1-4-8-17)23(27)18-9-5-2-6-10-18/h1-14,20-21H,15H2/t20-/m1/s1. The molecule has 3 aromatic rings. The topological polar surface area (TPSA) is 77.3 Å². The van der Waals surface area contributed by atoms with Crippen LogP contribution in [0.1, 0.15) is 32.2 Å². The predicted molar refractivity (Wildman–Crippen MR) is 111 cm³/mol. The molecule has 5 nitrogen and oxygen atoms in total. The Morgan fingerprint density at radius 1 is 0.793 bits per heavy atom. The number of halogens is 1. The highest BCUT2D eigenvalue weighted by Gasteiger charge is 2.39. The molecule has 0 bridgehead atoms. The van der Waals surface area contributed by atoms with Crippen molar-refractivity contribution < 1.29 is 14.5 Å². The quantitative estimate of drug-likeness (QED) is 0.226. The molecule has 1 atom stereocenters. The van der Waals surface area contributed by atoms with Gasteiger partial charge in [0.1, 0.15) is 0 Å². The van der Waals surface area contributed by atoms with E-state index in [0.717, 1.165) is 0 Å². The minimum absolute atomic E-state index is 0.337. The molecule has 0 aromatic heterocycles. The van der Waals surface area contributed by atoms with Crippen molar-refractivity contribution >= 4 is 23.2 Å². The molecule has 3 rings (SSSR count). The molecule has 0 radical (unpaired) electrons. The summed E-state index contributed by atoms with van der Waals surface area (Å²) >= 11 is 5.95. The summed E-state index contributed by atoms with van der Waals surface area (Å²) in [5.41, 5.74) is 1.19. The van der Waals surface area contributed by atoms with Crippen molar-refractivity contribution in [3.05, 3.63) is 117 Å². The Hall–Kier alpha value is -3.31. The molecular formula is C23H18ClNO4. The van der Waals surface area contributed by atoms with Gasteiger partial charge in [0.05, 0.1) is 11.8 Å². The summed E-state index contributed by atoms with van der Waals surface area (Å²) in [6.45, 7) is -0.552. The van der Waals surface area contributed by atoms with Gasteiger partial charge >= 0.3 is 0 Å². The zero-order valence-corrected chi connectivity index (χ0v) is 16.2. The zero-order valence-electron chi connectivity index (χ0n) is 15.4. The van der Waals surface area contributed by atoms with E-state index in [1.165, 1.54) is 0 Å². The lowest BCUT2D eigenvalue weighted by atomic mass is 9.77. The Labute approximate surface area is 173 Å². The van der Waals surface area contributed by atoms with Crippen LogP contribution in [0.15, 0.2) is 84.9 Å². The number of nitro groups is 1. The van der Waals surface area contributed by atoms with Crippen molar-refractivity contribution in [2.24, 2.45) is 5.92 Å². The van der Waals surface area contributed by atoms with Crippen LogP contribution in [0.4, 0.5) is 0 Å². The van der Waals surface area contributed by atoms with E-state index in [2.05, 4.69) is 0 Å². The summed E-state index contributed by atoms with van der Waals surface area (Å²) in [5, 5.41) is 11.9. The van der Waals surface area contributed by atoms with Crippen LogP contribution in [0.25, 0.3) is 0 Å². The Morgan fingerprint density at radius 3 is 1.66 bits per heavy atom. The number of carbonyl (C=O) groups is 2. The van der Waals surface area contributed by atoms with Crippen LogP contribution >= 0.6 is 11.6 Å². The number of hydrogen-bond acceptors (Lipinski definition) is 4. The fourth-order valence-electron chi connectivity index (χ4n) is 3.32. The van der Waals surface area contributed by atoms with Gasteiger partial charge in [-0.15, -0.1) is 0 Å². The predicted octanol–water partition coefficient (Wildman–Crippen LogP) is 5.08. The average Bonchev–Trinajstić information content (AvgIpc) is 2.74. The number of hydrogen-bond donors (Lipinski definition) is 0. The van der Waals surface area contributed by atoms with E-state index in [1.54, 1.807) is 84.9 Å². The highest BCUT2D eigenvalue weighted by atomic mass is 35.5. The van der Waals surface area contributed by atoms with Crippen LogP contribution in [-0.2, 0) is 0 Å². The number of ketones is 2. The first-order valence-corrected chi connectivity index (χ1v) is 9.41. The van der Waals surface area contributed by atoms with Gasteiger partial charge in [0.25, 0.3) is 0 Å². The Balaban J connectivity index is 2.12. The maximum absolute atomic E-state index is 13.4. The molecule has 0 aliphatic rings. The zero-order chi connectivity index (χ0) is 20.8. The van der Waals surface area contributed by atoms with Crippen molar-refractivity contribution in [2.75, 3.05) is 6.54 Å². The number of benzene rings is 3. The van der Waals surface area contributed by atoms with Gasteiger partial charge in [-0.25, -0.2) is 0 Å². The maximum Gasteiger partial charge on any atom is 0.211 e. The minimum atomic E-state index is -1.23. The number of rotatable bonds is 8. The van der Waals surface area contributed by atoms with Gasteiger partial charge in [-0.1, -0.05) is 84.4 Å². The summed E-state index contributed by atoms with van der Waals surface area (Å²) in [6, 6.07) is 23.2. The summed E-state index contributed by atoms with van der Waals surface area (Å²) in [4.78, 5) is 37.6. The van der Waals surface area contributed by atoms with E-state index in [4.69, 9.17) is 11.6 Å². The van der Waals surface area contributed by atoms with Crippen LogP contribution in [-0.4, -0.2) is 23.0 Å². The first-order valence-electron chi connectivity index (χ1n) is 9.03. The molecule has 0 amide bonds. The first-order chi connectivity index (χ1) is 14.0. The van der Waals surface area contributed by atoms with Crippen LogP contribution < -0.4 is 0 Å². The van der Waals surface area contributed by atoms with Gasteiger partial charge in [0, 0.05) is 21.1 Å². The highest BCUT2D eigenvalue weighted by Crippen LogP contribution is 2.32. The second-order valence-electron chi connectivity index (χ2n) is 6.61. The fraction of sp³-hybridized carbons (Fsp3) is 0.130.